The van der Waals surface area contributed by atoms with Crippen LogP contribution in [0.3, 0.4) is 0 Å². The molecule has 0 aromatic rings. The number of hydrogen-bond donors (Lipinski definition) is 0. The van der Waals surface area contributed by atoms with Gasteiger partial charge in [0.1, 0.15) is 0 Å². The predicted octanol–water partition coefficient (Wildman–Crippen LogP) is 1.88. The number of nitrogens with zero attached hydrogens (tertiary/aromatic N) is 2. The van der Waals surface area contributed by atoms with Crippen molar-refractivity contribution in [1.82, 2.24) is 4.90 Å². The van der Waals surface area contributed by atoms with Crippen LogP contribution in [0, 0.1) is 23.2 Å². The van der Waals surface area contributed by atoms with Crippen LogP contribution in [-0.2, 0) is 0 Å². The molecule has 0 aliphatic carbocycles. The summed E-state index contributed by atoms with van der Waals surface area (Å²) in [5, 5.41) is 8.77. The van der Waals surface area contributed by atoms with E-state index in [0.29, 0.717) is 0 Å². The van der Waals surface area contributed by atoms with Crippen LogP contribution in [0.2, 0.25) is 0 Å². The van der Waals surface area contributed by atoms with E-state index in [1.54, 1.807) is 0 Å². The van der Waals surface area contributed by atoms with Crippen LogP contribution in [-0.4, -0.2) is 24.5 Å². The topological polar surface area (TPSA) is 27.0 Å². The molecule has 1 atom stereocenters. The average molecular weight is 166 g/mol. The van der Waals surface area contributed by atoms with Crippen LogP contribution < -0.4 is 0 Å². The van der Waals surface area contributed by atoms with E-state index in [0.717, 1.165) is 25.4 Å². The third-order valence-electron chi connectivity index (χ3n) is 2.31. The van der Waals surface area contributed by atoms with Gasteiger partial charge in [0.05, 0.1) is 12.0 Å². The summed E-state index contributed by atoms with van der Waals surface area (Å²) in [6.07, 6.45) is 2.30. The van der Waals surface area contributed by atoms with Crippen molar-refractivity contribution in [3.8, 4) is 6.07 Å². The maximum atomic E-state index is 8.77. The van der Waals surface area contributed by atoms with Gasteiger partial charge >= 0.3 is 0 Å². The van der Waals surface area contributed by atoms with E-state index < -0.39 is 0 Å². The molecule has 0 bridgehead atoms. The Kier molecular flexibility index (Phi) is 3.55. The molecule has 1 saturated heterocycles. The van der Waals surface area contributed by atoms with Gasteiger partial charge in [-0.25, -0.2) is 0 Å². The smallest absolute Gasteiger partial charge is 0.0669 e. The monoisotopic (exact) mass is 166 g/mol. The van der Waals surface area contributed by atoms with Gasteiger partial charge in [0, 0.05) is 13.1 Å². The Balaban J connectivity index is 2.32. The van der Waals surface area contributed by atoms with Crippen LogP contribution in [0.5, 0.6) is 0 Å². The van der Waals surface area contributed by atoms with E-state index in [1.165, 1.54) is 13.0 Å². The molecule has 0 spiro atoms. The maximum absolute atomic E-state index is 8.77. The van der Waals surface area contributed by atoms with Crippen molar-refractivity contribution in [2.45, 2.75) is 26.7 Å². The molecule has 0 saturated carbocycles. The predicted molar refractivity (Wildman–Crippen MR) is 49.6 cm³/mol. The van der Waals surface area contributed by atoms with Crippen molar-refractivity contribution >= 4 is 0 Å². The molecule has 0 aromatic heterocycles. The van der Waals surface area contributed by atoms with E-state index >= 15 is 0 Å². The fourth-order valence-electron chi connectivity index (χ4n) is 1.84. The highest BCUT2D eigenvalue weighted by molar-refractivity contribution is 4.88. The fourth-order valence-corrected chi connectivity index (χ4v) is 1.84. The van der Waals surface area contributed by atoms with Crippen LogP contribution in [0.4, 0.5) is 0 Å². The Hall–Kier alpha value is -0.550. The van der Waals surface area contributed by atoms with E-state index in [-0.39, 0.29) is 5.92 Å². The lowest BCUT2D eigenvalue weighted by Crippen LogP contribution is -2.37. The summed E-state index contributed by atoms with van der Waals surface area (Å²) < 4.78 is 0. The zero-order valence-electron chi connectivity index (χ0n) is 8.08. The summed E-state index contributed by atoms with van der Waals surface area (Å²) in [6, 6.07) is 2.37. The van der Waals surface area contributed by atoms with E-state index in [4.69, 9.17) is 5.26 Å². The first-order chi connectivity index (χ1) is 5.72. The fraction of sp³-hybridized carbons (Fsp3) is 0.900. The zero-order chi connectivity index (χ0) is 8.97. The van der Waals surface area contributed by atoms with Gasteiger partial charge in [0.2, 0.25) is 0 Å². The van der Waals surface area contributed by atoms with Gasteiger partial charge in [-0.2, -0.15) is 5.26 Å². The second kappa shape index (κ2) is 4.47. The van der Waals surface area contributed by atoms with Crippen molar-refractivity contribution < 1.29 is 0 Å². The molecule has 0 unspecified atom stereocenters. The third-order valence-corrected chi connectivity index (χ3v) is 2.31. The summed E-state index contributed by atoms with van der Waals surface area (Å²) in [4.78, 5) is 2.42. The van der Waals surface area contributed by atoms with Gasteiger partial charge in [-0.05, 0) is 25.3 Å². The maximum Gasteiger partial charge on any atom is 0.0669 e. The second-order valence-corrected chi connectivity index (χ2v) is 4.12. The molecular weight excluding hydrogens is 148 g/mol. The molecular formula is C10H18N2. The molecule has 1 aliphatic heterocycles. The van der Waals surface area contributed by atoms with Crippen LogP contribution >= 0.6 is 0 Å². The Morgan fingerprint density at radius 2 is 2.33 bits per heavy atom. The molecule has 0 aromatic carbocycles. The van der Waals surface area contributed by atoms with Crippen LogP contribution in [0.1, 0.15) is 26.7 Å². The first-order valence-corrected chi connectivity index (χ1v) is 4.84. The standard InChI is InChI=1S/C10H18N2/c1-9(2)7-12-5-3-4-10(6-11)8-12/h9-10H,3-5,7-8H2,1-2H3/t10-/m1/s1. The quantitative estimate of drug-likeness (QED) is 0.626. The van der Waals surface area contributed by atoms with Gasteiger partial charge in [-0.15, -0.1) is 0 Å². The van der Waals surface area contributed by atoms with Crippen molar-refractivity contribution in [3.05, 3.63) is 0 Å². The Morgan fingerprint density at radius 3 is 2.92 bits per heavy atom. The highest BCUT2D eigenvalue weighted by Crippen LogP contribution is 2.16. The molecule has 1 aliphatic rings. The molecule has 1 heterocycles. The molecule has 0 radical (unpaired) electrons. The molecule has 0 N–H and O–H groups in total. The van der Waals surface area contributed by atoms with Crippen molar-refractivity contribution in [3.63, 3.8) is 0 Å². The first-order valence-electron chi connectivity index (χ1n) is 4.84. The lowest BCUT2D eigenvalue weighted by molar-refractivity contribution is 0.180. The molecule has 1 rings (SSSR count). The lowest BCUT2D eigenvalue weighted by Gasteiger charge is -2.30. The normalized spacial score (nSPS) is 25.7. The Morgan fingerprint density at radius 1 is 1.58 bits per heavy atom. The zero-order valence-corrected chi connectivity index (χ0v) is 8.08. The average Bonchev–Trinajstić information content (AvgIpc) is 2.03. The summed E-state index contributed by atoms with van der Waals surface area (Å²) >= 11 is 0. The molecule has 68 valence electrons. The largest absolute Gasteiger partial charge is 0.302 e. The van der Waals surface area contributed by atoms with Crippen molar-refractivity contribution in [2.75, 3.05) is 19.6 Å². The molecule has 12 heavy (non-hydrogen) atoms. The van der Waals surface area contributed by atoms with Gasteiger partial charge in [0.25, 0.3) is 0 Å². The number of likely N-dealkylation sites (tertiary alicyclic amines) is 1. The minimum Gasteiger partial charge on any atom is -0.302 e. The highest BCUT2D eigenvalue weighted by atomic mass is 15.1. The summed E-state index contributed by atoms with van der Waals surface area (Å²) in [5.41, 5.74) is 0. The lowest BCUT2D eigenvalue weighted by atomic mass is 9.99. The van der Waals surface area contributed by atoms with E-state index in [9.17, 15) is 0 Å². The third kappa shape index (κ3) is 2.83. The molecule has 0 amide bonds. The van der Waals surface area contributed by atoms with E-state index in [2.05, 4.69) is 24.8 Å². The number of hydrogen-bond acceptors (Lipinski definition) is 2. The van der Waals surface area contributed by atoms with Gasteiger partial charge in [0.15, 0.2) is 0 Å². The van der Waals surface area contributed by atoms with Crippen molar-refractivity contribution in [2.24, 2.45) is 11.8 Å². The summed E-state index contributed by atoms with van der Waals surface area (Å²) in [5.74, 6) is 1.01. The minimum absolute atomic E-state index is 0.289. The molecule has 1 fully saturated rings. The van der Waals surface area contributed by atoms with Crippen molar-refractivity contribution in [1.29, 1.82) is 5.26 Å². The number of piperidine rings is 1. The Bertz CT molecular complexity index is 169. The summed E-state index contributed by atoms with van der Waals surface area (Å²) in [7, 11) is 0. The SMILES string of the molecule is CC(C)CN1CCC[C@H](C#N)C1. The molecule has 2 nitrogen and oxygen atoms in total. The second-order valence-electron chi connectivity index (χ2n) is 4.12. The van der Waals surface area contributed by atoms with Gasteiger partial charge < -0.3 is 4.90 Å². The van der Waals surface area contributed by atoms with E-state index in [1.807, 2.05) is 0 Å². The van der Waals surface area contributed by atoms with Crippen LogP contribution in [0.25, 0.3) is 0 Å². The minimum atomic E-state index is 0.289. The number of nitriles is 1. The van der Waals surface area contributed by atoms with Gasteiger partial charge in [-0.3, -0.25) is 0 Å². The van der Waals surface area contributed by atoms with Gasteiger partial charge in [-0.1, -0.05) is 13.8 Å². The number of rotatable bonds is 2. The highest BCUT2D eigenvalue weighted by Gasteiger charge is 2.19. The summed E-state index contributed by atoms with van der Waals surface area (Å²) in [6.45, 7) is 7.80. The van der Waals surface area contributed by atoms with Crippen LogP contribution in [0.15, 0.2) is 0 Å². The first kappa shape index (κ1) is 9.54. The Labute approximate surface area is 75.2 Å². The molecule has 2 heteroatoms.